The molecule has 4 heteroatoms. The van der Waals surface area contributed by atoms with Crippen LogP contribution in [0.25, 0.3) is 0 Å². The van der Waals surface area contributed by atoms with Gasteiger partial charge in [0.15, 0.2) is 5.78 Å². The summed E-state index contributed by atoms with van der Waals surface area (Å²) < 4.78 is 12.8. The highest BCUT2D eigenvalue weighted by atomic mass is 19.1. The van der Waals surface area contributed by atoms with Gasteiger partial charge in [0.05, 0.1) is 6.20 Å². The zero-order valence-electron chi connectivity index (χ0n) is 12.0. The van der Waals surface area contributed by atoms with Gasteiger partial charge < -0.3 is 4.90 Å². The molecule has 1 aromatic heterocycles. The third kappa shape index (κ3) is 5.07. The lowest BCUT2D eigenvalue weighted by Crippen LogP contribution is -2.32. The number of hydrogen-bond acceptors (Lipinski definition) is 3. The van der Waals surface area contributed by atoms with E-state index in [9.17, 15) is 9.18 Å². The molecule has 19 heavy (non-hydrogen) atoms. The van der Waals surface area contributed by atoms with Gasteiger partial charge in [0.2, 0.25) is 0 Å². The molecule has 3 nitrogen and oxygen atoms in total. The molecule has 1 rings (SSSR count). The molecular formula is C15H23FN2O. The Balaban J connectivity index is 2.58. The van der Waals surface area contributed by atoms with Gasteiger partial charge in [-0.25, -0.2) is 4.39 Å². The summed E-state index contributed by atoms with van der Waals surface area (Å²) in [4.78, 5) is 18.3. The molecule has 0 aromatic carbocycles. The van der Waals surface area contributed by atoms with E-state index in [1.807, 2.05) is 6.92 Å². The largest absolute Gasteiger partial charge is 0.303 e. The summed E-state index contributed by atoms with van der Waals surface area (Å²) >= 11 is 0. The van der Waals surface area contributed by atoms with E-state index < -0.39 is 5.82 Å². The van der Waals surface area contributed by atoms with Crippen LogP contribution in [0.15, 0.2) is 18.3 Å². The van der Waals surface area contributed by atoms with Gasteiger partial charge in [0, 0.05) is 12.5 Å². The van der Waals surface area contributed by atoms with Crippen LogP contribution in [0.4, 0.5) is 4.39 Å². The second kappa shape index (κ2) is 8.00. The van der Waals surface area contributed by atoms with Crippen LogP contribution in [-0.4, -0.2) is 35.3 Å². The van der Waals surface area contributed by atoms with Crippen molar-refractivity contribution in [3.63, 3.8) is 0 Å². The number of Topliss-reactive ketones (excluding diaryl/α,β-unsaturated/α-hetero) is 1. The Bertz CT molecular complexity index is 392. The SMILES string of the molecule is CCCCN(CC)CC(C)C(=O)c1ccc(F)cn1. The van der Waals surface area contributed by atoms with Gasteiger partial charge in [0.1, 0.15) is 11.5 Å². The van der Waals surface area contributed by atoms with Crippen LogP contribution in [0.5, 0.6) is 0 Å². The molecule has 1 unspecified atom stereocenters. The normalized spacial score (nSPS) is 12.7. The molecule has 0 spiro atoms. The Morgan fingerprint density at radius 3 is 2.68 bits per heavy atom. The quantitative estimate of drug-likeness (QED) is 0.678. The maximum Gasteiger partial charge on any atom is 0.185 e. The van der Waals surface area contributed by atoms with Crippen molar-refractivity contribution in [2.75, 3.05) is 19.6 Å². The molecule has 0 radical (unpaired) electrons. The van der Waals surface area contributed by atoms with Crippen molar-refractivity contribution >= 4 is 5.78 Å². The first-order chi connectivity index (χ1) is 9.08. The highest BCUT2D eigenvalue weighted by Gasteiger charge is 2.18. The predicted molar refractivity (Wildman–Crippen MR) is 74.7 cm³/mol. The lowest BCUT2D eigenvalue weighted by molar-refractivity contribution is 0.0890. The van der Waals surface area contributed by atoms with Crippen molar-refractivity contribution in [1.29, 1.82) is 0 Å². The number of ketones is 1. The minimum Gasteiger partial charge on any atom is -0.303 e. The van der Waals surface area contributed by atoms with E-state index in [0.717, 1.165) is 38.7 Å². The molecule has 0 bridgehead atoms. The van der Waals surface area contributed by atoms with E-state index in [2.05, 4.69) is 23.7 Å². The second-order valence-corrected chi connectivity index (χ2v) is 4.87. The summed E-state index contributed by atoms with van der Waals surface area (Å²) in [6, 6.07) is 2.73. The number of nitrogens with zero attached hydrogens (tertiary/aromatic N) is 2. The van der Waals surface area contributed by atoms with Gasteiger partial charge >= 0.3 is 0 Å². The molecule has 0 aliphatic carbocycles. The molecule has 1 aromatic rings. The molecule has 0 saturated carbocycles. The van der Waals surface area contributed by atoms with Crippen LogP contribution < -0.4 is 0 Å². The summed E-state index contributed by atoms with van der Waals surface area (Å²) in [5.74, 6) is -0.549. The van der Waals surface area contributed by atoms with Crippen LogP contribution >= 0.6 is 0 Å². The van der Waals surface area contributed by atoms with Crippen LogP contribution in [-0.2, 0) is 0 Å². The van der Waals surface area contributed by atoms with E-state index in [4.69, 9.17) is 0 Å². The standard InChI is InChI=1S/C15H23FN2O/c1-4-6-9-18(5-2)11-12(3)15(19)14-8-7-13(16)10-17-14/h7-8,10,12H,4-6,9,11H2,1-3H3. The zero-order chi connectivity index (χ0) is 14.3. The van der Waals surface area contributed by atoms with E-state index in [0.29, 0.717) is 5.69 Å². The predicted octanol–water partition coefficient (Wildman–Crippen LogP) is 3.16. The fourth-order valence-electron chi connectivity index (χ4n) is 2.00. The highest BCUT2D eigenvalue weighted by molar-refractivity contribution is 5.95. The number of rotatable bonds is 8. The molecule has 0 saturated heterocycles. The van der Waals surface area contributed by atoms with Gasteiger partial charge in [-0.2, -0.15) is 0 Å². The molecule has 1 atom stereocenters. The van der Waals surface area contributed by atoms with Gasteiger partial charge in [-0.15, -0.1) is 0 Å². The summed E-state index contributed by atoms with van der Waals surface area (Å²) in [6.45, 7) is 8.85. The lowest BCUT2D eigenvalue weighted by atomic mass is 10.0. The average molecular weight is 266 g/mol. The fraction of sp³-hybridized carbons (Fsp3) is 0.600. The first-order valence-corrected chi connectivity index (χ1v) is 6.96. The highest BCUT2D eigenvalue weighted by Crippen LogP contribution is 2.10. The molecule has 0 fully saturated rings. The second-order valence-electron chi connectivity index (χ2n) is 4.87. The van der Waals surface area contributed by atoms with E-state index in [-0.39, 0.29) is 11.7 Å². The topological polar surface area (TPSA) is 33.2 Å². The minimum atomic E-state index is -0.415. The first kappa shape index (κ1) is 15.8. The minimum absolute atomic E-state index is 0.0186. The van der Waals surface area contributed by atoms with Crippen molar-refractivity contribution < 1.29 is 9.18 Å². The molecule has 0 N–H and O–H groups in total. The number of unbranched alkanes of at least 4 members (excludes halogenated alkanes) is 1. The fourth-order valence-corrected chi connectivity index (χ4v) is 2.00. The number of carbonyl (C=O) groups excluding carboxylic acids is 1. The van der Waals surface area contributed by atoms with Crippen LogP contribution in [0, 0.1) is 11.7 Å². The van der Waals surface area contributed by atoms with Gasteiger partial charge in [-0.3, -0.25) is 9.78 Å². The van der Waals surface area contributed by atoms with E-state index in [1.165, 1.54) is 12.1 Å². The average Bonchev–Trinajstić information content (AvgIpc) is 2.43. The number of aromatic nitrogens is 1. The Labute approximate surface area is 114 Å². The molecule has 0 amide bonds. The van der Waals surface area contributed by atoms with Crippen molar-refractivity contribution in [1.82, 2.24) is 9.88 Å². The summed E-state index contributed by atoms with van der Waals surface area (Å²) in [6.07, 6.45) is 3.39. The molecular weight excluding hydrogens is 243 g/mol. The van der Waals surface area contributed by atoms with Gasteiger partial charge in [-0.1, -0.05) is 27.2 Å². The van der Waals surface area contributed by atoms with Crippen molar-refractivity contribution in [2.45, 2.75) is 33.6 Å². The van der Waals surface area contributed by atoms with Crippen LogP contribution in [0.3, 0.4) is 0 Å². The van der Waals surface area contributed by atoms with Crippen molar-refractivity contribution in [3.05, 3.63) is 29.8 Å². The number of carbonyl (C=O) groups is 1. The number of pyridine rings is 1. The van der Waals surface area contributed by atoms with Crippen LogP contribution in [0.2, 0.25) is 0 Å². The molecule has 106 valence electrons. The van der Waals surface area contributed by atoms with E-state index >= 15 is 0 Å². The lowest BCUT2D eigenvalue weighted by Gasteiger charge is -2.23. The number of halogens is 1. The summed E-state index contributed by atoms with van der Waals surface area (Å²) in [7, 11) is 0. The maximum atomic E-state index is 12.8. The first-order valence-electron chi connectivity index (χ1n) is 6.96. The molecule has 0 aliphatic rings. The Morgan fingerprint density at radius 2 is 2.16 bits per heavy atom. The number of hydrogen-bond donors (Lipinski definition) is 0. The smallest absolute Gasteiger partial charge is 0.185 e. The third-order valence-electron chi connectivity index (χ3n) is 3.23. The van der Waals surface area contributed by atoms with E-state index in [1.54, 1.807) is 0 Å². The van der Waals surface area contributed by atoms with Crippen molar-refractivity contribution in [2.24, 2.45) is 5.92 Å². The van der Waals surface area contributed by atoms with Crippen molar-refractivity contribution in [3.8, 4) is 0 Å². The van der Waals surface area contributed by atoms with Gasteiger partial charge in [-0.05, 0) is 31.6 Å². The molecule has 0 aliphatic heterocycles. The molecule has 1 heterocycles. The summed E-state index contributed by atoms with van der Waals surface area (Å²) in [5, 5.41) is 0. The Morgan fingerprint density at radius 1 is 1.42 bits per heavy atom. The summed E-state index contributed by atoms with van der Waals surface area (Å²) in [5.41, 5.74) is 0.348. The van der Waals surface area contributed by atoms with Gasteiger partial charge in [0.25, 0.3) is 0 Å². The monoisotopic (exact) mass is 266 g/mol. The third-order valence-corrected chi connectivity index (χ3v) is 3.23. The van der Waals surface area contributed by atoms with Crippen LogP contribution in [0.1, 0.15) is 44.1 Å². The Hall–Kier alpha value is -1.29. The zero-order valence-corrected chi connectivity index (χ0v) is 12.0. The maximum absolute atomic E-state index is 12.8. The Kier molecular flexibility index (Phi) is 6.64.